The number of halogens is 2. The molecule has 0 aliphatic carbocycles. The number of benzene rings is 1. The van der Waals surface area contributed by atoms with Crippen LogP contribution in [0.2, 0.25) is 0 Å². The SMILES string of the molecule is Cl.O=C(NC1CCSc2ccc(F)cc21)c1n[nH]c2c1CNCC2. The average Bonchev–Trinajstić information content (AvgIpc) is 2.99. The first kappa shape index (κ1) is 17.3. The lowest BCUT2D eigenvalue weighted by Crippen LogP contribution is -2.32. The predicted molar refractivity (Wildman–Crippen MR) is 93.2 cm³/mol. The third-order valence-electron chi connectivity index (χ3n) is 4.34. The van der Waals surface area contributed by atoms with Crippen LogP contribution in [0.25, 0.3) is 0 Å². The van der Waals surface area contributed by atoms with Crippen molar-refractivity contribution in [3.63, 3.8) is 0 Å². The van der Waals surface area contributed by atoms with E-state index >= 15 is 0 Å². The fourth-order valence-corrected chi connectivity index (χ4v) is 4.26. The summed E-state index contributed by atoms with van der Waals surface area (Å²) in [5, 5.41) is 13.4. The Balaban J connectivity index is 0.00000169. The zero-order valence-electron chi connectivity index (χ0n) is 12.9. The van der Waals surface area contributed by atoms with Gasteiger partial charge >= 0.3 is 0 Å². The molecule has 1 atom stereocenters. The highest BCUT2D eigenvalue weighted by Crippen LogP contribution is 2.36. The molecule has 0 fully saturated rings. The van der Waals surface area contributed by atoms with Crippen LogP contribution in [0.15, 0.2) is 23.1 Å². The van der Waals surface area contributed by atoms with Crippen molar-refractivity contribution in [1.29, 1.82) is 0 Å². The fourth-order valence-electron chi connectivity index (χ4n) is 3.15. The topological polar surface area (TPSA) is 69.8 Å². The minimum absolute atomic E-state index is 0. The molecule has 2 aliphatic rings. The van der Waals surface area contributed by atoms with Gasteiger partial charge in [0, 0.05) is 41.4 Å². The zero-order chi connectivity index (χ0) is 15.8. The summed E-state index contributed by atoms with van der Waals surface area (Å²) in [4.78, 5) is 13.7. The summed E-state index contributed by atoms with van der Waals surface area (Å²) in [5.41, 5.74) is 3.28. The van der Waals surface area contributed by atoms with E-state index in [4.69, 9.17) is 0 Å². The van der Waals surface area contributed by atoms with E-state index in [0.29, 0.717) is 12.2 Å². The summed E-state index contributed by atoms with van der Waals surface area (Å²) in [6.45, 7) is 1.54. The molecule has 128 valence electrons. The van der Waals surface area contributed by atoms with Crippen LogP contribution in [0.4, 0.5) is 4.39 Å². The molecule has 5 nitrogen and oxygen atoms in total. The molecular formula is C16H18ClFN4OS. The molecule has 1 unspecified atom stereocenters. The number of aromatic amines is 1. The van der Waals surface area contributed by atoms with E-state index < -0.39 is 0 Å². The largest absolute Gasteiger partial charge is 0.344 e. The summed E-state index contributed by atoms with van der Waals surface area (Å²) in [7, 11) is 0. The Morgan fingerprint density at radius 2 is 2.29 bits per heavy atom. The lowest BCUT2D eigenvalue weighted by Gasteiger charge is -2.26. The first-order chi connectivity index (χ1) is 11.2. The first-order valence-electron chi connectivity index (χ1n) is 7.72. The standard InChI is InChI=1S/C16H17FN4OS.ClH/c17-9-1-2-14-10(7-9)12(4-6-23-14)19-16(22)15-11-8-18-5-3-13(11)20-21-15;/h1-2,7,12,18H,3-6,8H2,(H,19,22)(H,20,21);1H. The quantitative estimate of drug-likeness (QED) is 0.762. The van der Waals surface area contributed by atoms with E-state index in [-0.39, 0.29) is 30.2 Å². The molecule has 1 aromatic heterocycles. The zero-order valence-corrected chi connectivity index (χ0v) is 14.5. The van der Waals surface area contributed by atoms with Crippen molar-refractivity contribution < 1.29 is 9.18 Å². The van der Waals surface area contributed by atoms with E-state index in [1.807, 2.05) is 0 Å². The molecule has 3 N–H and O–H groups in total. The maximum atomic E-state index is 13.6. The number of nitrogens with zero attached hydrogens (tertiary/aromatic N) is 1. The van der Waals surface area contributed by atoms with Gasteiger partial charge < -0.3 is 10.6 Å². The lowest BCUT2D eigenvalue weighted by atomic mass is 10.0. The number of fused-ring (bicyclic) bond motifs is 2. The van der Waals surface area contributed by atoms with Crippen molar-refractivity contribution in [2.45, 2.75) is 30.3 Å². The molecule has 1 amide bonds. The second-order valence-electron chi connectivity index (χ2n) is 5.80. The number of hydrogen-bond acceptors (Lipinski definition) is 4. The molecule has 4 rings (SSSR count). The Morgan fingerprint density at radius 3 is 3.17 bits per heavy atom. The minimum Gasteiger partial charge on any atom is -0.344 e. The molecule has 8 heteroatoms. The van der Waals surface area contributed by atoms with Gasteiger partial charge in [0.25, 0.3) is 5.91 Å². The highest BCUT2D eigenvalue weighted by atomic mass is 35.5. The summed E-state index contributed by atoms with van der Waals surface area (Å²) < 4.78 is 13.6. The smallest absolute Gasteiger partial charge is 0.272 e. The van der Waals surface area contributed by atoms with Gasteiger partial charge in [0.1, 0.15) is 5.82 Å². The summed E-state index contributed by atoms with van der Waals surface area (Å²) in [6.07, 6.45) is 1.64. The van der Waals surface area contributed by atoms with Crippen LogP contribution in [0.3, 0.4) is 0 Å². The van der Waals surface area contributed by atoms with Crippen LogP contribution in [0, 0.1) is 5.82 Å². The third kappa shape index (κ3) is 3.16. The Kier molecular flexibility index (Phi) is 5.12. The monoisotopic (exact) mass is 368 g/mol. The molecule has 3 heterocycles. The number of nitrogens with one attached hydrogen (secondary N) is 3. The van der Waals surface area contributed by atoms with E-state index in [1.54, 1.807) is 17.8 Å². The summed E-state index contributed by atoms with van der Waals surface area (Å²) in [6, 6.07) is 4.60. The molecule has 0 spiro atoms. The fraction of sp³-hybridized carbons (Fsp3) is 0.375. The normalized spacial score (nSPS) is 19.0. The van der Waals surface area contributed by atoms with Gasteiger partial charge in [-0.25, -0.2) is 4.39 Å². The molecule has 24 heavy (non-hydrogen) atoms. The third-order valence-corrected chi connectivity index (χ3v) is 5.46. The number of aromatic nitrogens is 2. The molecule has 0 bridgehead atoms. The van der Waals surface area contributed by atoms with Gasteiger partial charge in [0.15, 0.2) is 5.69 Å². The van der Waals surface area contributed by atoms with E-state index in [0.717, 1.165) is 46.9 Å². The van der Waals surface area contributed by atoms with E-state index in [2.05, 4.69) is 20.8 Å². The molecule has 2 aromatic rings. The summed E-state index contributed by atoms with van der Waals surface area (Å²) in [5.74, 6) is 0.439. The number of rotatable bonds is 2. The highest BCUT2D eigenvalue weighted by molar-refractivity contribution is 7.99. The van der Waals surface area contributed by atoms with Crippen molar-refractivity contribution >= 4 is 30.1 Å². The maximum Gasteiger partial charge on any atom is 0.272 e. The number of hydrogen-bond donors (Lipinski definition) is 3. The van der Waals surface area contributed by atoms with Crippen molar-refractivity contribution in [3.05, 3.63) is 46.5 Å². The Bertz CT molecular complexity index is 767. The van der Waals surface area contributed by atoms with Gasteiger partial charge in [-0.2, -0.15) is 5.10 Å². The highest BCUT2D eigenvalue weighted by Gasteiger charge is 2.27. The maximum absolute atomic E-state index is 13.6. The number of thioether (sulfide) groups is 1. The van der Waals surface area contributed by atoms with Crippen LogP contribution in [0.5, 0.6) is 0 Å². The van der Waals surface area contributed by atoms with Gasteiger partial charge in [-0.05, 0) is 30.2 Å². The van der Waals surface area contributed by atoms with E-state index in [9.17, 15) is 9.18 Å². The lowest BCUT2D eigenvalue weighted by molar-refractivity contribution is 0.0928. The first-order valence-corrected chi connectivity index (χ1v) is 8.71. The summed E-state index contributed by atoms with van der Waals surface area (Å²) >= 11 is 1.70. The number of H-pyrrole nitrogens is 1. The Hall–Kier alpha value is -1.57. The minimum atomic E-state index is -0.271. The van der Waals surface area contributed by atoms with Crippen molar-refractivity contribution in [2.24, 2.45) is 0 Å². The predicted octanol–water partition coefficient (Wildman–Crippen LogP) is 2.58. The molecule has 2 aliphatic heterocycles. The molecule has 0 saturated carbocycles. The van der Waals surface area contributed by atoms with Gasteiger partial charge in [-0.15, -0.1) is 24.2 Å². The van der Waals surface area contributed by atoms with Gasteiger partial charge in [-0.1, -0.05) is 0 Å². The van der Waals surface area contributed by atoms with E-state index in [1.165, 1.54) is 12.1 Å². The Labute approximate surface area is 149 Å². The van der Waals surface area contributed by atoms with Crippen LogP contribution < -0.4 is 10.6 Å². The van der Waals surface area contributed by atoms with Crippen LogP contribution >= 0.6 is 24.2 Å². The van der Waals surface area contributed by atoms with Crippen LogP contribution in [-0.2, 0) is 13.0 Å². The van der Waals surface area contributed by atoms with Gasteiger partial charge in [0.05, 0.1) is 6.04 Å². The Morgan fingerprint density at radius 1 is 1.42 bits per heavy atom. The number of carbonyl (C=O) groups excluding carboxylic acids is 1. The van der Waals surface area contributed by atoms with Crippen LogP contribution in [0.1, 0.15) is 39.8 Å². The molecule has 1 aromatic carbocycles. The second-order valence-corrected chi connectivity index (χ2v) is 6.94. The van der Waals surface area contributed by atoms with Crippen molar-refractivity contribution in [1.82, 2.24) is 20.8 Å². The molecular weight excluding hydrogens is 351 g/mol. The van der Waals surface area contributed by atoms with Crippen LogP contribution in [-0.4, -0.2) is 28.4 Å². The van der Waals surface area contributed by atoms with Gasteiger partial charge in [0.2, 0.25) is 0 Å². The number of carbonyl (C=O) groups is 1. The van der Waals surface area contributed by atoms with Gasteiger partial charge in [-0.3, -0.25) is 9.89 Å². The van der Waals surface area contributed by atoms with Crippen molar-refractivity contribution in [3.8, 4) is 0 Å². The average molecular weight is 369 g/mol. The molecule has 0 radical (unpaired) electrons. The number of amides is 1. The van der Waals surface area contributed by atoms with Crippen molar-refractivity contribution in [2.75, 3.05) is 12.3 Å². The second kappa shape index (κ2) is 7.13. The molecule has 0 saturated heterocycles.